The van der Waals surface area contributed by atoms with Gasteiger partial charge in [0.15, 0.2) is 11.3 Å². The zero-order valence-corrected chi connectivity index (χ0v) is 49.2. The number of benzene rings is 4. The molecule has 6 aliphatic rings. The van der Waals surface area contributed by atoms with Gasteiger partial charge in [0.1, 0.15) is 41.9 Å². The van der Waals surface area contributed by atoms with Gasteiger partial charge >= 0.3 is 6.01 Å². The number of likely N-dealkylation sites (tertiary alicyclic amines) is 1. The van der Waals surface area contributed by atoms with Crippen molar-refractivity contribution in [3.05, 3.63) is 118 Å². The first-order chi connectivity index (χ1) is 42.6. The first kappa shape index (κ1) is 56.2. The number of β-amino-alcohol motifs (C(OH)–C–C–N with tert-alkyl or cyclic N) is 1. The summed E-state index contributed by atoms with van der Waals surface area (Å²) in [5.41, 5.74) is 6.40. The van der Waals surface area contributed by atoms with E-state index < -0.39 is 53.8 Å². The topological polar surface area (TPSA) is 276 Å². The smallest absolute Gasteiger partial charge is 0.319 e. The van der Waals surface area contributed by atoms with Crippen LogP contribution in [0.3, 0.4) is 0 Å². The number of fused-ring (bicyclic) bond motifs is 7. The van der Waals surface area contributed by atoms with Gasteiger partial charge in [-0.2, -0.15) is 25.3 Å². The largest absolute Gasteiger partial charge is 0.486 e. The first-order valence-electron chi connectivity index (χ1n) is 30.8. The Morgan fingerprint density at radius 3 is 2.49 bits per heavy atom. The summed E-state index contributed by atoms with van der Waals surface area (Å²) in [5, 5.41) is 58.0. The third-order valence-corrected chi connectivity index (χ3v) is 19.0. The maximum Gasteiger partial charge on any atom is 0.319 e. The van der Waals surface area contributed by atoms with Crippen molar-refractivity contribution in [3.8, 4) is 34.1 Å². The van der Waals surface area contributed by atoms with Crippen molar-refractivity contribution in [1.82, 2.24) is 60.2 Å². The van der Waals surface area contributed by atoms with Crippen molar-refractivity contribution >= 4 is 61.2 Å². The second kappa shape index (κ2) is 22.1. The quantitative estimate of drug-likeness (QED) is 0.0467. The highest BCUT2D eigenvalue weighted by molar-refractivity contribution is 6.07. The van der Waals surface area contributed by atoms with E-state index in [4.69, 9.17) is 29.3 Å². The number of H-pyrrole nitrogens is 2. The fourth-order valence-electron chi connectivity index (χ4n) is 14.0. The van der Waals surface area contributed by atoms with E-state index in [1.165, 1.54) is 15.6 Å². The molecule has 6 fully saturated rings. The molecule has 2 amide bonds. The predicted molar refractivity (Wildman–Crippen MR) is 325 cm³/mol. The summed E-state index contributed by atoms with van der Waals surface area (Å²) in [7, 11) is 0. The molecule has 9 heterocycles. The van der Waals surface area contributed by atoms with E-state index in [9.17, 15) is 29.7 Å². The molecule has 4 aliphatic heterocycles. The molecule has 2 bridgehead atoms. The van der Waals surface area contributed by atoms with Crippen LogP contribution in [0.15, 0.2) is 84.0 Å². The summed E-state index contributed by atoms with van der Waals surface area (Å²) in [6.45, 7) is 8.13. The monoisotopic (exact) mass is 1200 g/mol. The Morgan fingerprint density at radius 1 is 0.932 bits per heavy atom. The molecule has 22 nitrogen and oxygen atoms in total. The van der Waals surface area contributed by atoms with E-state index >= 15 is 4.39 Å². The van der Waals surface area contributed by atoms with Crippen LogP contribution < -0.4 is 30.6 Å². The summed E-state index contributed by atoms with van der Waals surface area (Å²) in [6.07, 6.45) is 9.67. The number of piperazine rings is 1. The number of aliphatic hydroxyl groups is 3. The second-order valence-corrected chi connectivity index (χ2v) is 25.5. The van der Waals surface area contributed by atoms with Gasteiger partial charge in [-0.3, -0.25) is 28.8 Å². The number of halogens is 1. The maximum atomic E-state index is 16.3. The van der Waals surface area contributed by atoms with Gasteiger partial charge in [-0.25, -0.2) is 4.39 Å². The van der Waals surface area contributed by atoms with Crippen molar-refractivity contribution in [2.24, 2.45) is 5.92 Å². The van der Waals surface area contributed by atoms with Crippen LogP contribution in [0.1, 0.15) is 105 Å². The van der Waals surface area contributed by atoms with Crippen LogP contribution in [0.2, 0.25) is 0 Å². The number of ether oxygens (including phenoxy) is 3. The molecular weight excluding hydrogens is 1130 g/mol. The molecule has 2 saturated carbocycles. The molecule has 7 N–H and O–H groups in total. The number of nitrogens with one attached hydrogen (secondary N) is 4. The van der Waals surface area contributed by atoms with Crippen molar-refractivity contribution in [2.75, 3.05) is 44.4 Å². The number of pyridine rings is 1. The summed E-state index contributed by atoms with van der Waals surface area (Å²) < 4.78 is 39.1. The van der Waals surface area contributed by atoms with Gasteiger partial charge in [0, 0.05) is 102 Å². The normalized spacial score (nSPS) is 21.6. The van der Waals surface area contributed by atoms with Gasteiger partial charge in [0.25, 0.3) is 5.56 Å². The van der Waals surface area contributed by atoms with E-state index in [2.05, 4.69) is 41.9 Å². The van der Waals surface area contributed by atoms with Gasteiger partial charge in [-0.1, -0.05) is 50.2 Å². The molecule has 0 unspecified atom stereocenters. The second-order valence-electron chi connectivity index (χ2n) is 25.5. The van der Waals surface area contributed by atoms with Gasteiger partial charge in [0.05, 0.1) is 61.5 Å². The summed E-state index contributed by atoms with van der Waals surface area (Å²) in [4.78, 5) is 60.6. The van der Waals surface area contributed by atoms with Crippen LogP contribution >= 0.6 is 0 Å². The predicted octanol–water partition coefficient (Wildman–Crippen LogP) is 6.77. The molecule has 5 aromatic heterocycles. The molecule has 9 aromatic rings. The lowest BCUT2D eigenvalue weighted by Gasteiger charge is -2.31. The Labute approximate surface area is 504 Å². The minimum absolute atomic E-state index is 0.0202. The van der Waals surface area contributed by atoms with E-state index in [1.807, 2.05) is 62.4 Å². The fourth-order valence-corrected chi connectivity index (χ4v) is 14.0. The number of hydrogen-bond acceptors (Lipinski definition) is 16. The minimum Gasteiger partial charge on any atom is -0.486 e. The lowest BCUT2D eigenvalue weighted by molar-refractivity contribution is -0.142. The van der Waals surface area contributed by atoms with E-state index in [0.717, 1.165) is 84.2 Å². The molecule has 4 aromatic carbocycles. The van der Waals surface area contributed by atoms with Crippen molar-refractivity contribution < 1.29 is 43.5 Å². The molecular formula is C65H70FN13O9. The van der Waals surface area contributed by atoms with Gasteiger partial charge in [-0.15, -0.1) is 0 Å². The first-order valence-corrected chi connectivity index (χ1v) is 30.8. The molecule has 2 aliphatic carbocycles. The van der Waals surface area contributed by atoms with E-state index in [-0.39, 0.29) is 60.9 Å². The SMILES string of the molecule is Cc1c(F)cc2[nH]ncc2c1-c1c(C2CC2)cc2c(N3C[C@@H]4C[C@H]3CN4)nc(OC3CCOCC3)nc2c1OCc1ccc2c(c1)[nH]c(=O)c1nn([C@H](C(=O)N3C[C@H](O)C[C@H]3C(=O)N[C@@H](CO)c3ccc(-c4ccnn4CC4(O)CC4)cc3)C(C)C)cc12. The van der Waals surface area contributed by atoms with Crippen molar-refractivity contribution in [1.29, 1.82) is 0 Å². The Kier molecular flexibility index (Phi) is 14.1. The zero-order chi connectivity index (χ0) is 60.3. The van der Waals surface area contributed by atoms with E-state index in [0.29, 0.717) is 94.0 Å². The average molecular weight is 1200 g/mol. The summed E-state index contributed by atoms with van der Waals surface area (Å²) in [5.74, 6) is -0.339. The summed E-state index contributed by atoms with van der Waals surface area (Å²) in [6, 6.07) is 16.5. The lowest BCUT2D eigenvalue weighted by Crippen LogP contribution is -2.50. The minimum atomic E-state index is -1.07. The van der Waals surface area contributed by atoms with Gasteiger partial charge < -0.3 is 54.9 Å². The fraction of sp³-hybridized carbons (Fsp3) is 0.446. The molecule has 88 heavy (non-hydrogen) atoms. The lowest BCUT2D eigenvalue weighted by atomic mass is 9.88. The molecule has 15 rings (SSSR count). The Morgan fingerprint density at radius 2 is 1.75 bits per heavy atom. The highest BCUT2D eigenvalue weighted by Crippen LogP contribution is 2.54. The number of aromatic nitrogens is 9. The van der Waals surface area contributed by atoms with Gasteiger partial charge in [0.2, 0.25) is 11.8 Å². The molecule has 456 valence electrons. The summed E-state index contributed by atoms with van der Waals surface area (Å²) >= 11 is 0. The van der Waals surface area contributed by atoms with Crippen LogP contribution in [0.4, 0.5) is 10.2 Å². The molecule has 0 radical (unpaired) electrons. The number of rotatable bonds is 18. The average Bonchev–Trinajstić information content (AvgIpc) is 1.66. The number of carbonyl (C=O) groups excluding carboxylic acids is 2. The Balaban J connectivity index is 0.740. The number of aliphatic hydroxyl groups excluding tert-OH is 2. The van der Waals surface area contributed by atoms with Crippen LogP contribution in [-0.2, 0) is 27.5 Å². The highest BCUT2D eigenvalue weighted by Gasteiger charge is 2.45. The standard InChI is InChI=1S/C65H70FN13O9/c1-33(2)58(63(84)77-28-41(81)22-53(77)61(82)71-51(30-80)37-7-9-38(10-8-37)52-12-17-69-79(52)32-65(85)15-16-65)78-29-47-43-11-4-35(20-49(43)70-62(83)57(47)75-78)31-87-59-55(54-34(3)48(66)24-50-46(54)26-68-74-50)44(36-5-6-36)23-45-56(59)72-64(88-42-13-18-86-19-14-42)73-60(45)76-27-39-21-40(76)25-67-39/h4,7-12,17,20,23-24,26,29,33,36,39-42,51,53,58,67,80-81,85H,5-6,13-16,18-19,21-22,25,27-28,30-32H2,1-3H3,(H,68,74)(H,70,83)(H,71,82)/t39-,40-,41+,51-,53-,58-/m0/s1. The van der Waals surface area contributed by atoms with Crippen LogP contribution in [0.5, 0.6) is 11.8 Å². The van der Waals surface area contributed by atoms with Crippen LogP contribution in [0.25, 0.3) is 66.0 Å². The number of nitrogens with zero attached hydrogens (tertiary/aromatic N) is 9. The third-order valence-electron chi connectivity index (χ3n) is 19.0. The molecule has 23 heteroatoms. The number of aromatic amines is 2. The Hall–Kier alpha value is -8.35. The van der Waals surface area contributed by atoms with Crippen molar-refractivity contribution in [3.63, 3.8) is 0 Å². The highest BCUT2D eigenvalue weighted by atomic mass is 19.1. The number of amides is 2. The number of hydrogen-bond donors (Lipinski definition) is 7. The number of carbonyl (C=O) groups is 2. The van der Waals surface area contributed by atoms with Crippen molar-refractivity contribution in [2.45, 2.75) is 139 Å². The van der Waals surface area contributed by atoms with Gasteiger partial charge in [-0.05, 0) is 103 Å². The molecule has 0 spiro atoms. The Bertz CT molecular complexity index is 4280. The molecule has 4 saturated heterocycles. The third kappa shape index (κ3) is 10.2. The van der Waals surface area contributed by atoms with Crippen LogP contribution in [0, 0.1) is 18.7 Å². The zero-order valence-electron chi connectivity index (χ0n) is 49.2. The number of anilines is 1. The van der Waals surface area contributed by atoms with Crippen LogP contribution in [-0.4, -0.2) is 152 Å². The van der Waals surface area contributed by atoms with E-state index in [1.54, 1.807) is 30.2 Å². The maximum absolute atomic E-state index is 16.3. The molecule has 6 atom stereocenters.